The monoisotopic (exact) mass is 495 g/mol. The summed E-state index contributed by atoms with van der Waals surface area (Å²) in [4.78, 5) is 31.9. The number of likely N-dealkylation sites (N-methyl/N-ethyl adjacent to an activating group) is 1. The number of benzene rings is 1. The zero-order valence-corrected chi connectivity index (χ0v) is 17.8. The molecule has 0 aliphatic rings. The van der Waals surface area contributed by atoms with Crippen molar-refractivity contribution >= 4 is 23.5 Å². The van der Waals surface area contributed by atoms with Crippen molar-refractivity contribution < 1.29 is 60.4 Å². The van der Waals surface area contributed by atoms with Crippen LogP contribution in [0.1, 0.15) is 10.4 Å². The van der Waals surface area contributed by atoms with Crippen LogP contribution in [0, 0.1) is 0 Å². The van der Waals surface area contributed by atoms with Gasteiger partial charge in [-0.05, 0) is 14.1 Å². The number of alkyl halides is 6. The number of rotatable bonds is 6. The predicted molar refractivity (Wildman–Crippen MR) is 102 cm³/mol. The average Bonchev–Trinajstić information content (AvgIpc) is 2.66. The Morgan fingerprint density at radius 2 is 1.27 bits per heavy atom. The van der Waals surface area contributed by atoms with Gasteiger partial charge >= 0.3 is 24.3 Å². The van der Waals surface area contributed by atoms with E-state index >= 15 is 0 Å². The molecule has 190 valence electrons. The van der Waals surface area contributed by atoms with E-state index in [1.165, 1.54) is 14.2 Å². The van der Waals surface area contributed by atoms with Crippen LogP contribution in [0.2, 0.25) is 0 Å². The predicted octanol–water partition coefficient (Wildman–Crippen LogP) is 1.84. The number of hydrogen-bond donors (Lipinski definition) is 4. The molecule has 1 aromatic rings. The number of hydrogen-bond acceptors (Lipinski definition) is 7. The number of nitrogen functional groups attached to an aromatic ring is 1. The van der Waals surface area contributed by atoms with Crippen LogP contribution in [0.4, 0.5) is 32.0 Å². The van der Waals surface area contributed by atoms with Gasteiger partial charge in [0.15, 0.2) is 0 Å². The molecule has 0 aliphatic carbocycles. The molecule has 0 saturated heterocycles. The first-order valence-electron chi connectivity index (χ1n) is 8.43. The summed E-state index contributed by atoms with van der Waals surface area (Å²) < 4.78 is 73.8. The second kappa shape index (κ2) is 13.9. The summed E-state index contributed by atoms with van der Waals surface area (Å²) in [5.41, 5.74) is 6.57. The molecule has 0 radical (unpaired) electrons. The minimum absolute atomic E-state index is 0.240. The normalized spacial score (nSPS) is 10.8. The van der Waals surface area contributed by atoms with Crippen molar-refractivity contribution in [3.63, 3.8) is 0 Å². The van der Waals surface area contributed by atoms with Crippen LogP contribution in [0.5, 0.6) is 11.5 Å². The van der Waals surface area contributed by atoms with Crippen LogP contribution in [-0.4, -0.2) is 86.7 Å². The van der Waals surface area contributed by atoms with E-state index in [1.54, 1.807) is 12.1 Å². The highest BCUT2D eigenvalue weighted by atomic mass is 19.4. The number of methoxy groups -OCH3 is 2. The number of anilines is 1. The number of amides is 1. The van der Waals surface area contributed by atoms with Gasteiger partial charge in [0.1, 0.15) is 17.1 Å². The summed E-state index contributed by atoms with van der Waals surface area (Å²) in [6, 6.07) is 3.20. The van der Waals surface area contributed by atoms with Crippen LogP contribution in [0.25, 0.3) is 0 Å². The molecule has 0 saturated carbocycles. The fraction of sp³-hybridized carbons (Fsp3) is 0.471. The zero-order valence-electron chi connectivity index (χ0n) is 17.8. The number of ether oxygens (including phenoxy) is 2. The quantitative estimate of drug-likeness (QED) is 0.342. The van der Waals surface area contributed by atoms with Crippen molar-refractivity contribution in [2.75, 3.05) is 47.1 Å². The highest BCUT2D eigenvalue weighted by molar-refractivity contribution is 6.00. The summed E-state index contributed by atoms with van der Waals surface area (Å²) in [6.45, 7) is 1.30. The summed E-state index contributed by atoms with van der Waals surface area (Å²) in [6.07, 6.45) is -10.2. The van der Waals surface area contributed by atoms with Gasteiger partial charge in [0, 0.05) is 30.9 Å². The number of halogens is 6. The minimum Gasteiger partial charge on any atom is -0.496 e. The Bertz CT molecular complexity index is 749. The maximum Gasteiger partial charge on any atom is 0.490 e. The largest absolute Gasteiger partial charge is 0.496 e. The molecule has 0 aliphatic heterocycles. The Morgan fingerprint density at radius 1 is 0.939 bits per heavy atom. The second-order valence-corrected chi connectivity index (χ2v) is 5.97. The lowest BCUT2D eigenvalue weighted by atomic mass is 10.1. The summed E-state index contributed by atoms with van der Waals surface area (Å²) >= 11 is 0. The fourth-order valence-corrected chi connectivity index (χ4v) is 1.64. The second-order valence-electron chi connectivity index (χ2n) is 5.97. The molecule has 0 atom stereocenters. The van der Waals surface area contributed by atoms with Crippen molar-refractivity contribution in [3.8, 4) is 11.5 Å². The maximum absolute atomic E-state index is 12.2. The van der Waals surface area contributed by atoms with Crippen LogP contribution in [0.3, 0.4) is 0 Å². The van der Waals surface area contributed by atoms with Crippen LogP contribution < -0.4 is 20.5 Å². The van der Waals surface area contributed by atoms with Gasteiger partial charge < -0.3 is 35.6 Å². The number of carboxylic acid groups (broad SMARTS) is 2. The molecule has 1 amide bonds. The number of carbonyl (C=O) groups is 3. The third-order valence-corrected chi connectivity index (χ3v) is 3.08. The number of nitrogens with two attached hydrogens (primary N) is 1. The smallest absolute Gasteiger partial charge is 0.490 e. The van der Waals surface area contributed by atoms with E-state index in [1.807, 2.05) is 19.0 Å². The summed E-state index contributed by atoms with van der Waals surface area (Å²) in [5.74, 6) is -4.95. The lowest BCUT2D eigenvalue weighted by Crippen LogP contribution is -2.31. The molecule has 0 heterocycles. The molecule has 33 heavy (non-hydrogen) atoms. The van der Waals surface area contributed by atoms with Gasteiger partial charge in [-0.25, -0.2) is 9.59 Å². The average molecular weight is 495 g/mol. The van der Waals surface area contributed by atoms with E-state index in [9.17, 15) is 31.1 Å². The SMILES string of the molecule is COc1cc(N)cc(OC)c1C(=O)NCCN(C)C.O=C(O)C(F)(F)F.O=C(O)C(F)(F)F. The van der Waals surface area contributed by atoms with E-state index in [0.29, 0.717) is 29.3 Å². The van der Waals surface area contributed by atoms with Crippen LogP contribution in [0.15, 0.2) is 12.1 Å². The highest BCUT2D eigenvalue weighted by Crippen LogP contribution is 2.31. The Balaban J connectivity index is 0. The topological polar surface area (TPSA) is 151 Å². The number of carboxylic acids is 2. The van der Waals surface area contributed by atoms with E-state index in [2.05, 4.69) is 5.32 Å². The summed E-state index contributed by atoms with van der Waals surface area (Å²) in [7, 11) is 6.86. The molecular formula is C17H23F6N3O7. The Labute approximate surface area is 183 Å². The first-order chi connectivity index (χ1) is 14.9. The van der Waals surface area contributed by atoms with Crippen molar-refractivity contribution in [2.24, 2.45) is 0 Å². The first-order valence-corrected chi connectivity index (χ1v) is 8.43. The standard InChI is InChI=1S/C13H21N3O3.2C2HF3O2/c1-16(2)6-5-15-13(17)12-10(18-3)7-9(14)8-11(12)19-4;2*3-2(4,5)1(6)7/h7-8H,5-6,14H2,1-4H3,(H,15,17);2*(H,6,7). The molecule has 0 spiro atoms. The molecule has 10 nitrogen and oxygen atoms in total. The number of nitrogens with one attached hydrogen (secondary N) is 1. The van der Waals surface area contributed by atoms with E-state index in [-0.39, 0.29) is 5.91 Å². The van der Waals surface area contributed by atoms with Gasteiger partial charge in [0.05, 0.1) is 14.2 Å². The van der Waals surface area contributed by atoms with Crippen LogP contribution >= 0.6 is 0 Å². The number of carbonyl (C=O) groups excluding carboxylic acids is 1. The van der Waals surface area contributed by atoms with Gasteiger partial charge in [-0.1, -0.05) is 0 Å². The Morgan fingerprint density at radius 3 is 1.52 bits per heavy atom. The molecule has 0 unspecified atom stereocenters. The zero-order chi connectivity index (χ0) is 26.6. The van der Waals surface area contributed by atoms with Gasteiger partial charge in [-0.3, -0.25) is 4.79 Å². The summed E-state index contributed by atoms with van der Waals surface area (Å²) in [5, 5.41) is 17.1. The van der Waals surface area contributed by atoms with Gasteiger partial charge in [0.2, 0.25) is 0 Å². The van der Waals surface area contributed by atoms with Crippen molar-refractivity contribution in [3.05, 3.63) is 17.7 Å². The molecule has 0 fully saturated rings. The van der Waals surface area contributed by atoms with Gasteiger partial charge in [-0.15, -0.1) is 0 Å². The van der Waals surface area contributed by atoms with E-state index in [0.717, 1.165) is 6.54 Å². The van der Waals surface area contributed by atoms with Gasteiger partial charge in [0.25, 0.3) is 5.91 Å². The number of aliphatic carboxylic acids is 2. The van der Waals surface area contributed by atoms with Crippen molar-refractivity contribution in [2.45, 2.75) is 12.4 Å². The fourth-order valence-electron chi connectivity index (χ4n) is 1.64. The van der Waals surface area contributed by atoms with E-state index < -0.39 is 24.3 Å². The van der Waals surface area contributed by atoms with Gasteiger partial charge in [-0.2, -0.15) is 26.3 Å². The Kier molecular flexibility index (Phi) is 13.3. The molecule has 16 heteroatoms. The van der Waals surface area contributed by atoms with Crippen molar-refractivity contribution in [1.29, 1.82) is 0 Å². The molecular weight excluding hydrogens is 472 g/mol. The molecule has 0 aromatic heterocycles. The molecule has 0 bridgehead atoms. The maximum atomic E-state index is 12.2. The highest BCUT2D eigenvalue weighted by Gasteiger charge is 2.38. The molecule has 1 aromatic carbocycles. The first kappa shape index (κ1) is 31.8. The third kappa shape index (κ3) is 13.6. The van der Waals surface area contributed by atoms with Crippen LogP contribution in [-0.2, 0) is 9.59 Å². The lowest BCUT2D eigenvalue weighted by molar-refractivity contribution is -0.193. The number of nitrogens with zero attached hydrogens (tertiary/aromatic N) is 1. The molecule has 1 rings (SSSR count). The lowest BCUT2D eigenvalue weighted by Gasteiger charge is -2.15. The Hall–Kier alpha value is -3.43. The van der Waals surface area contributed by atoms with Crippen molar-refractivity contribution in [1.82, 2.24) is 10.2 Å². The third-order valence-electron chi connectivity index (χ3n) is 3.08. The molecule has 5 N–H and O–H groups in total. The van der Waals surface area contributed by atoms with E-state index in [4.69, 9.17) is 35.0 Å². The minimum atomic E-state index is -5.08.